The van der Waals surface area contributed by atoms with Crippen LogP contribution >= 0.6 is 11.3 Å². The van der Waals surface area contributed by atoms with Gasteiger partial charge in [-0.3, -0.25) is 20.2 Å². The lowest BCUT2D eigenvalue weighted by atomic mass is 10.1. The highest BCUT2D eigenvalue weighted by Crippen LogP contribution is 2.32. The number of benzene rings is 1. The van der Waals surface area contributed by atoms with Gasteiger partial charge in [-0.15, -0.1) is 10.2 Å². The minimum atomic E-state index is -0.477. The number of nitrogens with zero attached hydrogens (tertiary/aromatic N) is 3. The summed E-state index contributed by atoms with van der Waals surface area (Å²) in [5.41, 5.74) is 0.750. The van der Waals surface area contributed by atoms with Crippen molar-refractivity contribution in [1.82, 2.24) is 10.2 Å². The van der Waals surface area contributed by atoms with Gasteiger partial charge in [0.05, 0.1) is 4.92 Å². The Balaban J connectivity index is 1.71. The first-order valence-corrected chi connectivity index (χ1v) is 7.87. The molecule has 1 fully saturated rings. The summed E-state index contributed by atoms with van der Waals surface area (Å²) >= 11 is 1.28. The molecular formula is C14H14N4O4S. The Hall–Kier alpha value is -2.39. The van der Waals surface area contributed by atoms with Crippen molar-refractivity contribution in [2.75, 3.05) is 11.9 Å². The number of ether oxygens (including phenoxy) is 1. The highest BCUT2D eigenvalue weighted by molar-refractivity contribution is 7.15. The Bertz CT molecular complexity index is 755. The minimum Gasteiger partial charge on any atom is -0.371 e. The number of nitro groups is 1. The van der Waals surface area contributed by atoms with Crippen molar-refractivity contribution >= 4 is 28.1 Å². The molecule has 0 bridgehead atoms. The van der Waals surface area contributed by atoms with Gasteiger partial charge in [0.1, 0.15) is 11.1 Å². The molecule has 1 aliphatic rings. The number of hydrogen-bond acceptors (Lipinski definition) is 7. The minimum absolute atomic E-state index is 0.0156. The second kappa shape index (κ2) is 6.39. The zero-order chi connectivity index (χ0) is 16.4. The summed E-state index contributed by atoms with van der Waals surface area (Å²) in [6.45, 7) is 2.31. The first-order valence-electron chi connectivity index (χ1n) is 7.06. The molecule has 1 amide bonds. The van der Waals surface area contributed by atoms with Crippen LogP contribution in [0, 0.1) is 17.0 Å². The molecule has 1 aliphatic heterocycles. The Morgan fingerprint density at radius 1 is 1.48 bits per heavy atom. The molecule has 0 spiro atoms. The van der Waals surface area contributed by atoms with E-state index in [1.54, 1.807) is 6.92 Å². The normalized spacial score (nSPS) is 17.2. The summed E-state index contributed by atoms with van der Waals surface area (Å²) in [7, 11) is 0. The fourth-order valence-corrected chi connectivity index (χ4v) is 3.18. The Labute approximate surface area is 135 Å². The lowest BCUT2D eigenvalue weighted by Crippen LogP contribution is -2.12. The van der Waals surface area contributed by atoms with E-state index in [-0.39, 0.29) is 17.7 Å². The van der Waals surface area contributed by atoms with Crippen LogP contribution in [0.5, 0.6) is 0 Å². The predicted molar refractivity (Wildman–Crippen MR) is 83.6 cm³/mol. The molecular weight excluding hydrogens is 320 g/mol. The first kappa shape index (κ1) is 15.5. The van der Waals surface area contributed by atoms with Crippen LogP contribution in [-0.2, 0) is 4.74 Å². The Morgan fingerprint density at radius 3 is 2.96 bits per heavy atom. The SMILES string of the molecule is Cc1cc(C(=O)Nc2nnc(C3CCCO3)s2)ccc1[N+](=O)[O-]. The summed E-state index contributed by atoms with van der Waals surface area (Å²) in [6, 6.07) is 4.22. The second-order valence-corrected chi connectivity index (χ2v) is 6.17. The maximum Gasteiger partial charge on any atom is 0.272 e. The molecule has 9 heteroatoms. The lowest BCUT2D eigenvalue weighted by molar-refractivity contribution is -0.385. The van der Waals surface area contributed by atoms with Crippen LogP contribution in [0.2, 0.25) is 0 Å². The summed E-state index contributed by atoms with van der Waals surface area (Å²) in [4.78, 5) is 22.5. The van der Waals surface area contributed by atoms with Gasteiger partial charge in [-0.2, -0.15) is 0 Å². The molecule has 1 unspecified atom stereocenters. The summed E-state index contributed by atoms with van der Waals surface area (Å²) in [6.07, 6.45) is 1.86. The van der Waals surface area contributed by atoms with Crippen molar-refractivity contribution in [2.24, 2.45) is 0 Å². The van der Waals surface area contributed by atoms with E-state index in [1.165, 1.54) is 29.5 Å². The van der Waals surface area contributed by atoms with Crippen LogP contribution < -0.4 is 5.32 Å². The van der Waals surface area contributed by atoms with E-state index in [0.29, 0.717) is 22.9 Å². The average Bonchev–Trinajstić information content (AvgIpc) is 3.17. The Morgan fingerprint density at radius 2 is 2.30 bits per heavy atom. The van der Waals surface area contributed by atoms with Gasteiger partial charge >= 0.3 is 0 Å². The molecule has 8 nitrogen and oxygen atoms in total. The summed E-state index contributed by atoms with van der Waals surface area (Å²) in [5, 5.41) is 22.6. The summed E-state index contributed by atoms with van der Waals surface area (Å²) in [5.74, 6) is -0.377. The van der Waals surface area contributed by atoms with Crippen LogP contribution in [0.1, 0.15) is 39.9 Å². The maximum atomic E-state index is 12.2. The number of aromatic nitrogens is 2. The maximum absolute atomic E-state index is 12.2. The molecule has 1 atom stereocenters. The smallest absolute Gasteiger partial charge is 0.272 e. The van der Waals surface area contributed by atoms with Gasteiger partial charge in [0.15, 0.2) is 0 Å². The fourth-order valence-electron chi connectivity index (χ4n) is 2.36. The molecule has 1 aromatic carbocycles. The molecule has 0 saturated carbocycles. The third kappa shape index (κ3) is 3.35. The van der Waals surface area contributed by atoms with Crippen LogP contribution in [0.25, 0.3) is 0 Å². The van der Waals surface area contributed by atoms with Crippen LogP contribution in [0.15, 0.2) is 18.2 Å². The van der Waals surface area contributed by atoms with Crippen LogP contribution in [0.4, 0.5) is 10.8 Å². The molecule has 23 heavy (non-hydrogen) atoms. The van der Waals surface area contributed by atoms with Gasteiger partial charge in [-0.05, 0) is 31.9 Å². The topological polar surface area (TPSA) is 107 Å². The average molecular weight is 334 g/mol. The van der Waals surface area contributed by atoms with E-state index in [1.807, 2.05) is 0 Å². The van der Waals surface area contributed by atoms with Crippen molar-refractivity contribution in [3.8, 4) is 0 Å². The van der Waals surface area contributed by atoms with Gasteiger partial charge in [-0.25, -0.2) is 0 Å². The van der Waals surface area contributed by atoms with E-state index in [0.717, 1.165) is 17.8 Å². The molecule has 1 N–H and O–H groups in total. The van der Waals surface area contributed by atoms with Crippen LogP contribution in [0.3, 0.4) is 0 Å². The third-order valence-corrected chi connectivity index (χ3v) is 4.45. The molecule has 120 valence electrons. The molecule has 0 radical (unpaired) electrons. The van der Waals surface area contributed by atoms with E-state index in [9.17, 15) is 14.9 Å². The van der Waals surface area contributed by atoms with Gasteiger partial charge in [-0.1, -0.05) is 11.3 Å². The zero-order valence-electron chi connectivity index (χ0n) is 12.3. The summed E-state index contributed by atoms with van der Waals surface area (Å²) < 4.78 is 5.52. The Kier molecular flexibility index (Phi) is 4.30. The predicted octanol–water partition coefficient (Wildman–Crippen LogP) is 2.86. The number of amides is 1. The largest absolute Gasteiger partial charge is 0.371 e. The number of carbonyl (C=O) groups excluding carboxylic acids is 1. The molecule has 2 aromatic rings. The first-order chi connectivity index (χ1) is 11.0. The molecule has 0 aliphatic carbocycles. The van der Waals surface area contributed by atoms with Crippen molar-refractivity contribution in [1.29, 1.82) is 0 Å². The molecule has 1 saturated heterocycles. The highest BCUT2D eigenvalue weighted by Gasteiger charge is 2.22. The zero-order valence-corrected chi connectivity index (χ0v) is 13.1. The van der Waals surface area contributed by atoms with E-state index < -0.39 is 4.92 Å². The van der Waals surface area contributed by atoms with Gasteiger partial charge in [0.25, 0.3) is 11.6 Å². The molecule has 3 rings (SSSR count). The number of aryl methyl sites for hydroxylation is 1. The number of nitro benzene ring substituents is 1. The van der Waals surface area contributed by atoms with Crippen molar-refractivity contribution < 1.29 is 14.5 Å². The third-order valence-electron chi connectivity index (χ3n) is 3.52. The van der Waals surface area contributed by atoms with Crippen molar-refractivity contribution in [3.63, 3.8) is 0 Å². The number of carbonyl (C=O) groups is 1. The van der Waals surface area contributed by atoms with Gasteiger partial charge in [0, 0.05) is 23.8 Å². The number of nitrogens with one attached hydrogen (secondary N) is 1. The number of hydrogen-bond donors (Lipinski definition) is 1. The highest BCUT2D eigenvalue weighted by atomic mass is 32.1. The molecule has 1 aromatic heterocycles. The van der Waals surface area contributed by atoms with E-state index in [4.69, 9.17) is 4.74 Å². The van der Waals surface area contributed by atoms with Crippen LogP contribution in [-0.4, -0.2) is 27.6 Å². The van der Waals surface area contributed by atoms with E-state index in [2.05, 4.69) is 15.5 Å². The van der Waals surface area contributed by atoms with Crippen molar-refractivity contribution in [3.05, 3.63) is 44.4 Å². The quantitative estimate of drug-likeness (QED) is 0.680. The fraction of sp³-hybridized carbons (Fsp3) is 0.357. The van der Waals surface area contributed by atoms with Gasteiger partial charge < -0.3 is 4.74 Å². The number of rotatable bonds is 4. The van der Waals surface area contributed by atoms with E-state index >= 15 is 0 Å². The van der Waals surface area contributed by atoms with Gasteiger partial charge in [0.2, 0.25) is 5.13 Å². The number of anilines is 1. The molecule has 2 heterocycles. The van der Waals surface area contributed by atoms with Crippen molar-refractivity contribution in [2.45, 2.75) is 25.9 Å². The standard InChI is InChI=1S/C14H14N4O4S/c1-8-7-9(4-5-10(8)18(20)21)12(19)15-14-17-16-13(23-14)11-3-2-6-22-11/h4-5,7,11H,2-3,6H2,1H3,(H,15,17,19). The lowest BCUT2D eigenvalue weighted by Gasteiger charge is -2.03. The second-order valence-electron chi connectivity index (χ2n) is 5.16. The monoisotopic (exact) mass is 334 g/mol.